The van der Waals surface area contributed by atoms with Crippen molar-refractivity contribution in [1.29, 1.82) is 0 Å². The van der Waals surface area contributed by atoms with Gasteiger partial charge in [0.25, 0.3) is 0 Å². The first-order chi connectivity index (χ1) is 10.1. The Morgan fingerprint density at radius 2 is 2.19 bits per heavy atom. The molecule has 5 nitrogen and oxygen atoms in total. The minimum atomic E-state index is -0.531. The minimum absolute atomic E-state index is 0.355. The van der Waals surface area contributed by atoms with Gasteiger partial charge in [0.05, 0.1) is 40.0 Å². The SMILES string of the molecule is COCCn1ncc(Br)c1C(NN)c1cccc(Br)c1F. The molecule has 0 saturated heterocycles. The van der Waals surface area contributed by atoms with Crippen LogP contribution in [0.15, 0.2) is 33.3 Å². The summed E-state index contributed by atoms with van der Waals surface area (Å²) in [5.74, 6) is 5.30. The quantitative estimate of drug-likeness (QED) is 0.556. The number of ether oxygens (including phenoxy) is 1. The van der Waals surface area contributed by atoms with Crippen molar-refractivity contribution in [2.45, 2.75) is 12.6 Å². The summed E-state index contributed by atoms with van der Waals surface area (Å²) < 4.78 is 22.3. The third-order valence-electron chi connectivity index (χ3n) is 3.07. The number of hydrogen-bond acceptors (Lipinski definition) is 4. The van der Waals surface area contributed by atoms with E-state index in [0.717, 1.165) is 10.2 Å². The molecule has 0 fully saturated rings. The molecule has 1 unspecified atom stereocenters. The summed E-state index contributed by atoms with van der Waals surface area (Å²) in [6.07, 6.45) is 1.66. The summed E-state index contributed by atoms with van der Waals surface area (Å²) in [5.41, 5.74) is 3.83. The molecule has 0 saturated carbocycles. The van der Waals surface area contributed by atoms with Gasteiger partial charge in [-0.05, 0) is 37.9 Å². The fourth-order valence-electron chi connectivity index (χ4n) is 2.07. The highest BCUT2D eigenvalue weighted by molar-refractivity contribution is 9.10. The molecule has 21 heavy (non-hydrogen) atoms. The number of hydrazine groups is 1. The van der Waals surface area contributed by atoms with E-state index in [1.54, 1.807) is 36.2 Å². The van der Waals surface area contributed by atoms with Gasteiger partial charge >= 0.3 is 0 Å². The first-order valence-corrected chi connectivity index (χ1v) is 7.79. The predicted molar refractivity (Wildman–Crippen MR) is 85.1 cm³/mol. The van der Waals surface area contributed by atoms with Crippen molar-refractivity contribution < 1.29 is 9.13 Å². The lowest BCUT2D eigenvalue weighted by Crippen LogP contribution is -2.32. The first-order valence-electron chi connectivity index (χ1n) is 6.20. The van der Waals surface area contributed by atoms with Crippen molar-refractivity contribution in [3.8, 4) is 0 Å². The van der Waals surface area contributed by atoms with E-state index in [1.165, 1.54) is 0 Å². The Balaban J connectivity index is 2.46. The largest absolute Gasteiger partial charge is 0.383 e. The molecule has 0 amide bonds. The molecule has 1 aromatic carbocycles. The molecular formula is C13H15Br2FN4O. The fraction of sp³-hybridized carbons (Fsp3) is 0.308. The maximum atomic E-state index is 14.3. The van der Waals surface area contributed by atoms with Gasteiger partial charge in [0.2, 0.25) is 0 Å². The number of benzene rings is 1. The number of aromatic nitrogens is 2. The fourth-order valence-corrected chi connectivity index (χ4v) is 2.98. The highest BCUT2D eigenvalue weighted by atomic mass is 79.9. The maximum absolute atomic E-state index is 14.3. The Morgan fingerprint density at radius 3 is 2.86 bits per heavy atom. The number of halogens is 3. The van der Waals surface area contributed by atoms with Crippen LogP contribution < -0.4 is 11.3 Å². The summed E-state index contributed by atoms with van der Waals surface area (Å²) in [6, 6.07) is 4.56. The van der Waals surface area contributed by atoms with E-state index in [0.29, 0.717) is 23.2 Å². The molecule has 0 spiro atoms. The lowest BCUT2D eigenvalue weighted by atomic mass is 10.0. The summed E-state index contributed by atoms with van der Waals surface area (Å²) in [5, 5.41) is 4.26. The monoisotopic (exact) mass is 420 g/mol. The molecule has 1 aromatic heterocycles. The molecule has 1 heterocycles. The van der Waals surface area contributed by atoms with E-state index in [9.17, 15) is 4.39 Å². The maximum Gasteiger partial charge on any atom is 0.142 e. The van der Waals surface area contributed by atoms with Gasteiger partial charge in [0.15, 0.2) is 0 Å². The Bertz CT molecular complexity index is 620. The van der Waals surface area contributed by atoms with E-state index in [1.807, 2.05) is 0 Å². The Labute approximate surface area is 138 Å². The lowest BCUT2D eigenvalue weighted by molar-refractivity contribution is 0.182. The molecule has 3 N–H and O–H groups in total. The van der Waals surface area contributed by atoms with Crippen LogP contribution >= 0.6 is 31.9 Å². The van der Waals surface area contributed by atoms with Crippen molar-refractivity contribution in [3.63, 3.8) is 0 Å². The van der Waals surface area contributed by atoms with Crippen LogP contribution in [0, 0.1) is 5.82 Å². The highest BCUT2D eigenvalue weighted by Crippen LogP contribution is 2.31. The van der Waals surface area contributed by atoms with Crippen LogP contribution in [0.3, 0.4) is 0 Å². The first kappa shape index (κ1) is 16.6. The van der Waals surface area contributed by atoms with E-state index >= 15 is 0 Å². The van der Waals surface area contributed by atoms with E-state index in [2.05, 4.69) is 42.4 Å². The molecule has 1 atom stereocenters. The topological polar surface area (TPSA) is 65.1 Å². The molecular weight excluding hydrogens is 407 g/mol. The van der Waals surface area contributed by atoms with Gasteiger partial charge in [-0.3, -0.25) is 10.5 Å². The summed E-state index contributed by atoms with van der Waals surface area (Å²) in [4.78, 5) is 0. The molecule has 0 aliphatic heterocycles. The van der Waals surface area contributed by atoms with Crippen molar-refractivity contribution in [2.24, 2.45) is 5.84 Å². The van der Waals surface area contributed by atoms with Crippen LogP contribution in [0.25, 0.3) is 0 Å². The van der Waals surface area contributed by atoms with Crippen molar-refractivity contribution in [2.75, 3.05) is 13.7 Å². The molecule has 8 heteroatoms. The average molecular weight is 422 g/mol. The number of nitrogens with two attached hydrogens (primary N) is 1. The number of nitrogens with one attached hydrogen (secondary N) is 1. The molecule has 2 aromatic rings. The third kappa shape index (κ3) is 3.51. The second-order valence-corrected chi connectivity index (χ2v) is 6.05. The summed E-state index contributed by atoms with van der Waals surface area (Å²) in [6.45, 7) is 1.05. The Morgan fingerprint density at radius 1 is 1.43 bits per heavy atom. The second kappa shape index (κ2) is 7.46. The average Bonchev–Trinajstić information content (AvgIpc) is 2.83. The highest BCUT2D eigenvalue weighted by Gasteiger charge is 2.24. The Hall–Kier alpha value is -0.800. The third-order valence-corrected chi connectivity index (χ3v) is 4.30. The molecule has 0 aliphatic rings. The summed E-state index contributed by atoms with van der Waals surface area (Å²) in [7, 11) is 1.62. The Kier molecular flexibility index (Phi) is 5.88. The van der Waals surface area contributed by atoms with Crippen LogP contribution in [0.4, 0.5) is 4.39 Å². The van der Waals surface area contributed by atoms with Gasteiger partial charge in [0.1, 0.15) is 5.82 Å². The van der Waals surface area contributed by atoms with Gasteiger partial charge in [-0.1, -0.05) is 12.1 Å². The second-order valence-electron chi connectivity index (χ2n) is 4.34. The van der Waals surface area contributed by atoms with Gasteiger partial charge in [-0.2, -0.15) is 5.10 Å². The van der Waals surface area contributed by atoms with Gasteiger partial charge in [0, 0.05) is 12.7 Å². The van der Waals surface area contributed by atoms with Crippen LogP contribution in [-0.4, -0.2) is 23.5 Å². The zero-order valence-corrected chi connectivity index (χ0v) is 14.5. The number of methoxy groups -OCH3 is 1. The molecule has 0 bridgehead atoms. The minimum Gasteiger partial charge on any atom is -0.383 e. The standard InChI is InChI=1S/C13H15Br2FN4O/c1-21-6-5-20-13(10(15)7-18-20)12(19-17)8-3-2-4-9(14)11(8)16/h2-4,7,12,19H,5-6,17H2,1H3. The summed E-state index contributed by atoms with van der Waals surface area (Å²) >= 11 is 6.63. The number of hydrogen-bond donors (Lipinski definition) is 2. The van der Waals surface area contributed by atoms with Crippen molar-refractivity contribution in [3.05, 3.63) is 50.4 Å². The normalized spacial score (nSPS) is 12.6. The molecule has 114 valence electrons. The van der Waals surface area contributed by atoms with Crippen LogP contribution in [0.5, 0.6) is 0 Å². The van der Waals surface area contributed by atoms with E-state index in [4.69, 9.17) is 10.6 Å². The predicted octanol–water partition coefficient (Wildman–Crippen LogP) is 2.75. The van der Waals surface area contributed by atoms with Gasteiger partial charge < -0.3 is 4.74 Å². The van der Waals surface area contributed by atoms with Gasteiger partial charge in [-0.15, -0.1) is 0 Å². The van der Waals surface area contributed by atoms with Crippen LogP contribution in [0.1, 0.15) is 17.3 Å². The lowest BCUT2D eigenvalue weighted by Gasteiger charge is -2.20. The van der Waals surface area contributed by atoms with Crippen molar-refractivity contribution >= 4 is 31.9 Å². The zero-order valence-electron chi connectivity index (χ0n) is 11.3. The zero-order chi connectivity index (χ0) is 15.4. The molecule has 0 aliphatic carbocycles. The van der Waals surface area contributed by atoms with E-state index in [-0.39, 0.29) is 5.82 Å². The smallest absolute Gasteiger partial charge is 0.142 e. The van der Waals surface area contributed by atoms with Crippen LogP contribution in [-0.2, 0) is 11.3 Å². The van der Waals surface area contributed by atoms with E-state index < -0.39 is 6.04 Å². The number of nitrogens with zero attached hydrogens (tertiary/aromatic N) is 2. The molecule has 2 rings (SSSR count). The van der Waals surface area contributed by atoms with Gasteiger partial charge in [-0.25, -0.2) is 9.82 Å². The number of rotatable bonds is 6. The van der Waals surface area contributed by atoms with Crippen molar-refractivity contribution in [1.82, 2.24) is 15.2 Å². The molecule has 0 radical (unpaired) electrons. The van der Waals surface area contributed by atoms with Crippen LogP contribution in [0.2, 0.25) is 0 Å².